The smallest absolute Gasteiger partial charge is 0.340 e. The molecule has 0 aliphatic carbocycles. The van der Waals surface area contributed by atoms with Crippen molar-refractivity contribution in [2.75, 3.05) is 11.9 Å². The van der Waals surface area contributed by atoms with Gasteiger partial charge in [0.05, 0.1) is 34.4 Å². The number of hydrogen-bond donors (Lipinski definition) is 1. The van der Waals surface area contributed by atoms with Crippen LogP contribution in [0.2, 0.25) is 0 Å². The highest BCUT2D eigenvalue weighted by Crippen LogP contribution is 2.35. The lowest BCUT2D eigenvalue weighted by atomic mass is 10.1. The molecule has 0 atom stereocenters. The molecule has 3 rings (SSSR count). The summed E-state index contributed by atoms with van der Waals surface area (Å²) in [7, 11) is 1.89. The second-order valence-corrected chi connectivity index (χ2v) is 7.07. The number of benzene rings is 2. The number of ether oxygens (including phenoxy) is 2. The second-order valence-electron chi connectivity index (χ2n) is 6.21. The quantitative estimate of drug-likeness (QED) is 0.442. The van der Waals surface area contributed by atoms with Gasteiger partial charge < -0.3 is 19.4 Å². The second kappa shape index (κ2) is 8.48. The van der Waals surface area contributed by atoms with Gasteiger partial charge in [0.2, 0.25) is 0 Å². The van der Waals surface area contributed by atoms with E-state index < -0.39 is 11.9 Å². The van der Waals surface area contributed by atoms with Crippen molar-refractivity contribution in [2.45, 2.75) is 20.4 Å². The summed E-state index contributed by atoms with van der Waals surface area (Å²) in [6, 6.07) is 13.3. The van der Waals surface area contributed by atoms with E-state index >= 15 is 0 Å². The number of rotatable bonds is 6. The molecule has 146 valence electrons. The first kappa shape index (κ1) is 19.9. The van der Waals surface area contributed by atoms with Gasteiger partial charge in [-0.2, -0.15) is 0 Å². The SMILES string of the molecule is CCOC(=O)c1c(CNc2ccccc2)n(C)c2cc(Br)c(OC(C)=O)cc12. The molecule has 0 aliphatic heterocycles. The van der Waals surface area contributed by atoms with Crippen molar-refractivity contribution in [3.8, 4) is 5.75 Å². The molecule has 0 saturated carbocycles. The normalized spacial score (nSPS) is 10.7. The number of carbonyl (C=O) groups is 2. The molecule has 0 amide bonds. The Morgan fingerprint density at radius 2 is 1.89 bits per heavy atom. The lowest BCUT2D eigenvalue weighted by Gasteiger charge is -2.10. The molecule has 0 bridgehead atoms. The van der Waals surface area contributed by atoms with E-state index in [1.807, 2.05) is 48.0 Å². The monoisotopic (exact) mass is 444 g/mol. The van der Waals surface area contributed by atoms with E-state index in [2.05, 4.69) is 21.2 Å². The maximum absolute atomic E-state index is 12.7. The summed E-state index contributed by atoms with van der Waals surface area (Å²) in [5.74, 6) is -0.479. The third-order valence-corrected chi connectivity index (χ3v) is 4.96. The predicted octanol–water partition coefficient (Wildman–Crippen LogP) is 4.65. The van der Waals surface area contributed by atoms with E-state index in [1.165, 1.54) is 6.92 Å². The fraction of sp³-hybridized carbons (Fsp3) is 0.238. The standard InChI is InChI=1S/C21H21BrN2O4/c1-4-27-21(26)20-15-10-19(28-13(2)25)16(22)11-17(15)24(3)18(20)12-23-14-8-6-5-7-9-14/h5-11,23H,4,12H2,1-3H3. The third kappa shape index (κ3) is 4.04. The van der Waals surface area contributed by atoms with E-state index in [1.54, 1.807) is 13.0 Å². The van der Waals surface area contributed by atoms with Crippen molar-refractivity contribution in [1.82, 2.24) is 4.57 Å². The average Bonchev–Trinajstić information content (AvgIpc) is 2.92. The molecule has 1 aromatic heterocycles. The molecule has 0 saturated heterocycles. The van der Waals surface area contributed by atoms with E-state index in [0.29, 0.717) is 27.7 Å². The molecule has 0 radical (unpaired) electrons. The molecular formula is C21H21BrN2O4. The molecule has 6 nitrogen and oxygen atoms in total. The number of aryl methyl sites for hydroxylation is 1. The van der Waals surface area contributed by atoms with Gasteiger partial charge >= 0.3 is 11.9 Å². The first-order chi connectivity index (χ1) is 13.4. The van der Waals surface area contributed by atoms with Crippen LogP contribution in [0.15, 0.2) is 46.9 Å². The van der Waals surface area contributed by atoms with Crippen LogP contribution in [0.4, 0.5) is 5.69 Å². The third-order valence-electron chi connectivity index (χ3n) is 4.34. The Kier molecular flexibility index (Phi) is 6.04. The van der Waals surface area contributed by atoms with Gasteiger partial charge in [0.25, 0.3) is 0 Å². The van der Waals surface area contributed by atoms with Crippen LogP contribution in [0.3, 0.4) is 0 Å². The average molecular weight is 445 g/mol. The van der Waals surface area contributed by atoms with E-state index in [4.69, 9.17) is 9.47 Å². The summed E-state index contributed by atoms with van der Waals surface area (Å²) in [6.45, 7) is 3.81. The minimum atomic E-state index is -0.431. The molecule has 28 heavy (non-hydrogen) atoms. The number of halogens is 1. The number of aromatic nitrogens is 1. The maximum atomic E-state index is 12.7. The van der Waals surface area contributed by atoms with Crippen molar-refractivity contribution in [3.63, 3.8) is 0 Å². The van der Waals surface area contributed by atoms with Gasteiger partial charge in [-0.15, -0.1) is 0 Å². The molecule has 7 heteroatoms. The maximum Gasteiger partial charge on any atom is 0.340 e. The highest BCUT2D eigenvalue weighted by molar-refractivity contribution is 9.10. The Labute approximate surface area is 171 Å². The van der Waals surface area contributed by atoms with E-state index in [0.717, 1.165) is 16.9 Å². The Morgan fingerprint density at radius 3 is 2.54 bits per heavy atom. The van der Waals surface area contributed by atoms with Crippen LogP contribution in [0.25, 0.3) is 10.9 Å². The number of nitrogens with one attached hydrogen (secondary N) is 1. The molecule has 0 spiro atoms. The van der Waals surface area contributed by atoms with Crippen LogP contribution in [0, 0.1) is 0 Å². The zero-order chi connectivity index (χ0) is 20.3. The minimum absolute atomic E-state index is 0.272. The molecule has 1 heterocycles. The van der Waals surface area contributed by atoms with Gasteiger partial charge in [-0.3, -0.25) is 4.79 Å². The zero-order valence-electron chi connectivity index (χ0n) is 15.9. The van der Waals surface area contributed by atoms with Gasteiger partial charge in [-0.25, -0.2) is 4.79 Å². The Hall–Kier alpha value is -2.80. The topological polar surface area (TPSA) is 69.6 Å². The summed E-state index contributed by atoms with van der Waals surface area (Å²) in [4.78, 5) is 24.1. The Morgan fingerprint density at radius 1 is 1.18 bits per heavy atom. The number of fused-ring (bicyclic) bond motifs is 1. The summed E-state index contributed by atoms with van der Waals surface area (Å²) in [5.41, 5.74) is 3.02. The van der Waals surface area contributed by atoms with E-state index in [-0.39, 0.29) is 6.61 Å². The highest BCUT2D eigenvalue weighted by atomic mass is 79.9. The van der Waals surface area contributed by atoms with Crippen molar-refractivity contribution >= 4 is 44.5 Å². The van der Waals surface area contributed by atoms with Crippen LogP contribution in [0.1, 0.15) is 29.9 Å². The number of nitrogens with zero attached hydrogens (tertiary/aromatic N) is 1. The molecule has 1 N–H and O–H groups in total. The summed E-state index contributed by atoms with van der Waals surface area (Å²) < 4.78 is 13.1. The largest absolute Gasteiger partial charge is 0.462 e. The van der Waals surface area contributed by atoms with Crippen molar-refractivity contribution in [3.05, 3.63) is 58.2 Å². The first-order valence-corrected chi connectivity index (χ1v) is 9.67. The highest BCUT2D eigenvalue weighted by Gasteiger charge is 2.24. The fourth-order valence-corrected chi connectivity index (χ4v) is 3.51. The van der Waals surface area contributed by atoms with Crippen molar-refractivity contribution < 1.29 is 19.1 Å². The number of esters is 2. The van der Waals surface area contributed by atoms with Gasteiger partial charge in [-0.1, -0.05) is 18.2 Å². The molecule has 0 aliphatic rings. The number of carbonyl (C=O) groups excluding carboxylic acids is 2. The van der Waals surface area contributed by atoms with Gasteiger partial charge in [0.15, 0.2) is 0 Å². The summed E-state index contributed by atoms with van der Waals surface area (Å²) in [6.07, 6.45) is 0. The zero-order valence-corrected chi connectivity index (χ0v) is 17.5. The molecule has 2 aromatic carbocycles. The van der Waals surface area contributed by atoms with Crippen LogP contribution in [-0.4, -0.2) is 23.1 Å². The number of anilines is 1. The van der Waals surface area contributed by atoms with Crippen molar-refractivity contribution in [1.29, 1.82) is 0 Å². The van der Waals surface area contributed by atoms with Crippen molar-refractivity contribution in [2.24, 2.45) is 7.05 Å². The Bertz CT molecular complexity index is 1030. The molecular weight excluding hydrogens is 424 g/mol. The predicted molar refractivity (Wildman–Crippen MR) is 112 cm³/mol. The van der Waals surface area contributed by atoms with Crippen LogP contribution >= 0.6 is 15.9 Å². The van der Waals surface area contributed by atoms with Gasteiger partial charge in [-0.05, 0) is 47.1 Å². The molecule has 0 fully saturated rings. The lowest BCUT2D eigenvalue weighted by Crippen LogP contribution is -2.12. The molecule has 3 aromatic rings. The summed E-state index contributed by atoms with van der Waals surface area (Å²) in [5, 5.41) is 4.01. The van der Waals surface area contributed by atoms with Gasteiger partial charge in [0, 0.05) is 25.0 Å². The first-order valence-electron chi connectivity index (χ1n) is 8.87. The van der Waals surface area contributed by atoms with E-state index in [9.17, 15) is 9.59 Å². The van der Waals surface area contributed by atoms with Crippen LogP contribution in [-0.2, 0) is 23.1 Å². The lowest BCUT2D eigenvalue weighted by molar-refractivity contribution is -0.131. The molecule has 0 unspecified atom stereocenters. The Balaban J connectivity index is 2.12. The fourth-order valence-electron chi connectivity index (χ4n) is 3.10. The number of hydrogen-bond acceptors (Lipinski definition) is 5. The van der Waals surface area contributed by atoms with Crippen LogP contribution in [0.5, 0.6) is 5.75 Å². The van der Waals surface area contributed by atoms with Gasteiger partial charge in [0.1, 0.15) is 5.75 Å². The number of para-hydroxylation sites is 1. The van der Waals surface area contributed by atoms with Crippen LogP contribution < -0.4 is 10.1 Å². The minimum Gasteiger partial charge on any atom is -0.462 e. The summed E-state index contributed by atoms with van der Waals surface area (Å²) >= 11 is 3.44.